The van der Waals surface area contributed by atoms with Gasteiger partial charge in [-0.1, -0.05) is 6.92 Å². The van der Waals surface area contributed by atoms with E-state index in [1.165, 1.54) is 12.2 Å². The lowest BCUT2D eigenvalue weighted by Gasteiger charge is -2.07. The molecule has 0 aliphatic carbocycles. The zero-order valence-corrected chi connectivity index (χ0v) is 8.78. The molecule has 0 saturated heterocycles. The molecule has 0 aromatic carbocycles. The van der Waals surface area contributed by atoms with E-state index in [2.05, 4.69) is 6.92 Å². The van der Waals surface area contributed by atoms with Gasteiger partial charge in [-0.2, -0.15) is 11.8 Å². The van der Waals surface area contributed by atoms with Crippen molar-refractivity contribution < 1.29 is 5.11 Å². The molecule has 0 amide bonds. The van der Waals surface area contributed by atoms with Crippen LogP contribution in [0.4, 0.5) is 0 Å². The third-order valence-corrected chi connectivity index (χ3v) is 2.99. The van der Waals surface area contributed by atoms with Crippen LogP contribution in [0.25, 0.3) is 0 Å². The van der Waals surface area contributed by atoms with Gasteiger partial charge in [0.2, 0.25) is 0 Å². The van der Waals surface area contributed by atoms with E-state index in [4.69, 9.17) is 10.8 Å². The second-order valence-corrected chi connectivity index (χ2v) is 4.22. The fourth-order valence-corrected chi connectivity index (χ4v) is 1.83. The molecule has 0 aromatic rings. The van der Waals surface area contributed by atoms with Gasteiger partial charge in [0.05, 0.1) is 0 Å². The van der Waals surface area contributed by atoms with Gasteiger partial charge in [-0.05, 0) is 37.2 Å². The molecule has 0 aliphatic rings. The smallest absolute Gasteiger partial charge is 0.0438 e. The van der Waals surface area contributed by atoms with Crippen molar-refractivity contribution in [3.05, 3.63) is 0 Å². The first-order valence-corrected chi connectivity index (χ1v) is 5.91. The van der Waals surface area contributed by atoms with Crippen molar-refractivity contribution >= 4 is 11.8 Å². The average Bonchev–Trinajstić information content (AvgIpc) is 2.10. The molecule has 0 bridgehead atoms. The van der Waals surface area contributed by atoms with E-state index >= 15 is 0 Å². The van der Waals surface area contributed by atoms with Crippen LogP contribution >= 0.6 is 11.8 Å². The molecule has 1 unspecified atom stereocenters. The third-order valence-electron chi connectivity index (χ3n) is 1.83. The minimum absolute atomic E-state index is 0.321. The molecule has 3 N–H and O–H groups in total. The van der Waals surface area contributed by atoms with Gasteiger partial charge in [0.25, 0.3) is 0 Å². The highest BCUT2D eigenvalue weighted by molar-refractivity contribution is 7.99. The van der Waals surface area contributed by atoms with Crippen molar-refractivity contribution in [2.45, 2.75) is 38.6 Å². The first kappa shape index (κ1) is 12.3. The Labute approximate surface area is 79.9 Å². The van der Waals surface area contributed by atoms with Crippen LogP contribution in [0.5, 0.6) is 0 Å². The standard InChI is InChI=1S/C9H21NOS/c1-2-9(10)5-3-7-12-8-4-6-11/h9,11H,2-8,10H2,1H3. The van der Waals surface area contributed by atoms with Gasteiger partial charge in [0, 0.05) is 12.6 Å². The Morgan fingerprint density at radius 2 is 2.00 bits per heavy atom. The molecule has 0 fully saturated rings. The summed E-state index contributed by atoms with van der Waals surface area (Å²) in [7, 11) is 0. The number of aliphatic hydroxyl groups is 1. The fraction of sp³-hybridized carbons (Fsp3) is 1.00. The van der Waals surface area contributed by atoms with Crippen molar-refractivity contribution in [2.24, 2.45) is 5.73 Å². The summed E-state index contributed by atoms with van der Waals surface area (Å²) < 4.78 is 0. The Hall–Kier alpha value is 0.270. The van der Waals surface area contributed by atoms with E-state index in [-0.39, 0.29) is 0 Å². The monoisotopic (exact) mass is 191 g/mol. The molecule has 0 heterocycles. The van der Waals surface area contributed by atoms with E-state index < -0.39 is 0 Å². The Bertz CT molecular complexity index is 90.6. The lowest BCUT2D eigenvalue weighted by atomic mass is 10.1. The van der Waals surface area contributed by atoms with E-state index in [0.717, 1.165) is 25.0 Å². The third kappa shape index (κ3) is 8.37. The number of nitrogens with two attached hydrogens (primary N) is 1. The van der Waals surface area contributed by atoms with Crippen LogP contribution < -0.4 is 5.73 Å². The van der Waals surface area contributed by atoms with Gasteiger partial charge in [-0.3, -0.25) is 0 Å². The molecule has 74 valence electrons. The lowest BCUT2D eigenvalue weighted by Crippen LogP contribution is -2.18. The maximum Gasteiger partial charge on any atom is 0.0438 e. The van der Waals surface area contributed by atoms with Crippen molar-refractivity contribution in [2.75, 3.05) is 18.1 Å². The Morgan fingerprint density at radius 1 is 1.33 bits per heavy atom. The second-order valence-electron chi connectivity index (χ2n) is 3.00. The van der Waals surface area contributed by atoms with Gasteiger partial charge in [-0.25, -0.2) is 0 Å². The highest BCUT2D eigenvalue weighted by Crippen LogP contribution is 2.07. The highest BCUT2D eigenvalue weighted by atomic mass is 32.2. The van der Waals surface area contributed by atoms with Crippen LogP contribution in [0.15, 0.2) is 0 Å². The van der Waals surface area contributed by atoms with Crippen LogP contribution in [0, 0.1) is 0 Å². The molecule has 2 nitrogen and oxygen atoms in total. The minimum Gasteiger partial charge on any atom is -0.396 e. The first-order chi connectivity index (χ1) is 5.81. The average molecular weight is 191 g/mol. The van der Waals surface area contributed by atoms with E-state index in [0.29, 0.717) is 12.6 Å². The van der Waals surface area contributed by atoms with Crippen molar-refractivity contribution in [3.63, 3.8) is 0 Å². The SMILES string of the molecule is CCC(N)CCCSCCCO. The molecule has 0 rings (SSSR count). The molecule has 0 saturated carbocycles. The van der Waals surface area contributed by atoms with Gasteiger partial charge >= 0.3 is 0 Å². The van der Waals surface area contributed by atoms with Crippen molar-refractivity contribution in [1.82, 2.24) is 0 Å². The molecule has 12 heavy (non-hydrogen) atoms. The molecule has 0 aliphatic heterocycles. The van der Waals surface area contributed by atoms with Gasteiger partial charge in [-0.15, -0.1) is 0 Å². The quantitative estimate of drug-likeness (QED) is 0.573. The van der Waals surface area contributed by atoms with E-state index in [1.54, 1.807) is 0 Å². The van der Waals surface area contributed by atoms with Crippen LogP contribution in [-0.4, -0.2) is 29.3 Å². The van der Waals surface area contributed by atoms with Crippen LogP contribution in [-0.2, 0) is 0 Å². The number of rotatable bonds is 8. The van der Waals surface area contributed by atoms with Crippen molar-refractivity contribution in [1.29, 1.82) is 0 Å². The molecule has 0 aromatic heterocycles. The second kappa shape index (κ2) is 9.36. The summed E-state index contributed by atoms with van der Waals surface area (Å²) in [6.45, 7) is 2.45. The maximum absolute atomic E-state index is 8.52. The lowest BCUT2D eigenvalue weighted by molar-refractivity contribution is 0.296. The summed E-state index contributed by atoms with van der Waals surface area (Å²) in [6.07, 6.45) is 4.36. The minimum atomic E-state index is 0.321. The predicted octanol–water partition coefficient (Wildman–Crippen LogP) is 1.62. The van der Waals surface area contributed by atoms with E-state index in [9.17, 15) is 0 Å². The first-order valence-electron chi connectivity index (χ1n) is 4.75. The van der Waals surface area contributed by atoms with Gasteiger partial charge in [0.1, 0.15) is 0 Å². The Morgan fingerprint density at radius 3 is 2.58 bits per heavy atom. The summed E-state index contributed by atoms with van der Waals surface area (Å²) in [4.78, 5) is 0. The van der Waals surface area contributed by atoms with Crippen LogP contribution in [0.2, 0.25) is 0 Å². The van der Waals surface area contributed by atoms with Crippen molar-refractivity contribution in [3.8, 4) is 0 Å². The largest absolute Gasteiger partial charge is 0.396 e. The predicted molar refractivity (Wildman–Crippen MR) is 56.5 cm³/mol. The van der Waals surface area contributed by atoms with Crippen LogP contribution in [0.1, 0.15) is 32.6 Å². The molecule has 0 spiro atoms. The summed E-state index contributed by atoms with van der Waals surface area (Å²) >= 11 is 1.91. The zero-order valence-electron chi connectivity index (χ0n) is 7.96. The zero-order chi connectivity index (χ0) is 9.23. The summed E-state index contributed by atoms with van der Waals surface area (Å²) in [5.74, 6) is 2.27. The number of thioether (sulfide) groups is 1. The Balaban J connectivity index is 2.90. The Kier molecular flexibility index (Phi) is 9.57. The normalized spacial score (nSPS) is 13.2. The van der Waals surface area contributed by atoms with E-state index in [1.807, 2.05) is 11.8 Å². The molecule has 1 atom stereocenters. The maximum atomic E-state index is 8.52. The summed E-state index contributed by atoms with van der Waals surface area (Å²) in [5.41, 5.74) is 5.76. The summed E-state index contributed by atoms with van der Waals surface area (Å²) in [5, 5.41) is 8.52. The topological polar surface area (TPSA) is 46.2 Å². The van der Waals surface area contributed by atoms with Gasteiger partial charge in [0.15, 0.2) is 0 Å². The van der Waals surface area contributed by atoms with Gasteiger partial charge < -0.3 is 10.8 Å². The number of hydrogen-bond donors (Lipinski definition) is 2. The molecule has 3 heteroatoms. The molecule has 0 radical (unpaired) electrons. The summed E-state index contributed by atoms with van der Waals surface area (Å²) in [6, 6.07) is 0.392. The highest BCUT2D eigenvalue weighted by Gasteiger charge is 1.97. The number of hydrogen-bond acceptors (Lipinski definition) is 3. The van der Waals surface area contributed by atoms with Crippen LogP contribution in [0.3, 0.4) is 0 Å². The molecular weight excluding hydrogens is 170 g/mol. The fourth-order valence-electron chi connectivity index (χ4n) is 0.920. The molecular formula is C9H21NOS. The number of aliphatic hydroxyl groups excluding tert-OH is 1.